The van der Waals surface area contributed by atoms with Gasteiger partial charge in [0.1, 0.15) is 0 Å². The fourth-order valence-corrected chi connectivity index (χ4v) is 2.35. The number of amides is 1. The highest BCUT2D eigenvalue weighted by molar-refractivity contribution is 5.93. The summed E-state index contributed by atoms with van der Waals surface area (Å²) in [6.07, 6.45) is -0.295. The molecule has 6 nitrogen and oxygen atoms in total. The van der Waals surface area contributed by atoms with Crippen LogP contribution in [0, 0.1) is 5.92 Å². The van der Waals surface area contributed by atoms with Gasteiger partial charge < -0.3 is 25.3 Å². The summed E-state index contributed by atoms with van der Waals surface area (Å²) in [6, 6.07) is 7.21. The van der Waals surface area contributed by atoms with Gasteiger partial charge in [0.25, 0.3) is 0 Å². The second kappa shape index (κ2) is 5.88. The molecule has 2 aliphatic rings. The van der Waals surface area contributed by atoms with Gasteiger partial charge in [0.05, 0.1) is 32.3 Å². The van der Waals surface area contributed by atoms with E-state index in [-0.39, 0.29) is 24.2 Å². The minimum atomic E-state index is -0.295. The summed E-state index contributed by atoms with van der Waals surface area (Å²) < 4.78 is 16.0. The Morgan fingerprint density at radius 2 is 1.85 bits per heavy atom. The Morgan fingerprint density at radius 3 is 2.45 bits per heavy atom. The maximum absolute atomic E-state index is 12.0. The standard InChI is InChI=1S/C14H18N2O4/c15-12-8-18-7-11(12)13(17)16-10-3-1-9(2-4-10)14-19-5-6-20-14/h1-4,11-12,14H,5-8,15H2,(H,16,17). The molecule has 3 rings (SSSR count). The topological polar surface area (TPSA) is 82.8 Å². The molecule has 6 heteroatoms. The SMILES string of the molecule is NC1COCC1C(=O)Nc1ccc(C2OCCO2)cc1. The molecule has 0 aliphatic carbocycles. The number of benzene rings is 1. The third-order valence-corrected chi connectivity index (χ3v) is 3.53. The van der Waals surface area contributed by atoms with Gasteiger partial charge in [-0.25, -0.2) is 0 Å². The van der Waals surface area contributed by atoms with Gasteiger partial charge in [-0.2, -0.15) is 0 Å². The van der Waals surface area contributed by atoms with Crippen LogP contribution in [-0.4, -0.2) is 38.4 Å². The van der Waals surface area contributed by atoms with Gasteiger partial charge in [0, 0.05) is 17.3 Å². The van der Waals surface area contributed by atoms with Crippen molar-refractivity contribution >= 4 is 11.6 Å². The fraction of sp³-hybridized carbons (Fsp3) is 0.500. The number of hydrogen-bond acceptors (Lipinski definition) is 5. The highest BCUT2D eigenvalue weighted by Crippen LogP contribution is 2.24. The molecular weight excluding hydrogens is 260 g/mol. The zero-order chi connectivity index (χ0) is 13.9. The van der Waals surface area contributed by atoms with E-state index in [0.717, 1.165) is 11.3 Å². The molecule has 0 radical (unpaired) electrons. The normalized spacial score (nSPS) is 26.9. The lowest BCUT2D eigenvalue weighted by molar-refractivity contribution is -0.120. The van der Waals surface area contributed by atoms with Crippen molar-refractivity contribution in [3.63, 3.8) is 0 Å². The summed E-state index contributed by atoms with van der Waals surface area (Å²) in [7, 11) is 0. The van der Waals surface area contributed by atoms with E-state index in [4.69, 9.17) is 19.9 Å². The third-order valence-electron chi connectivity index (χ3n) is 3.53. The van der Waals surface area contributed by atoms with Crippen LogP contribution < -0.4 is 11.1 Å². The predicted molar refractivity (Wildman–Crippen MR) is 72.0 cm³/mol. The van der Waals surface area contributed by atoms with Crippen molar-refractivity contribution in [3.05, 3.63) is 29.8 Å². The molecule has 1 aromatic rings. The van der Waals surface area contributed by atoms with E-state index in [1.807, 2.05) is 24.3 Å². The minimum absolute atomic E-state index is 0.101. The van der Waals surface area contributed by atoms with Crippen molar-refractivity contribution in [2.75, 3.05) is 31.7 Å². The largest absolute Gasteiger partial charge is 0.379 e. The molecule has 2 atom stereocenters. The third kappa shape index (κ3) is 2.83. The summed E-state index contributed by atoms with van der Waals surface area (Å²) >= 11 is 0. The molecule has 0 bridgehead atoms. The molecule has 1 aromatic carbocycles. The Balaban J connectivity index is 1.61. The van der Waals surface area contributed by atoms with Crippen LogP contribution in [0.15, 0.2) is 24.3 Å². The van der Waals surface area contributed by atoms with Gasteiger partial charge in [-0.1, -0.05) is 12.1 Å². The number of nitrogens with one attached hydrogen (secondary N) is 1. The molecule has 1 amide bonds. The van der Waals surface area contributed by atoms with Crippen molar-refractivity contribution in [1.82, 2.24) is 0 Å². The number of nitrogens with two attached hydrogens (primary N) is 1. The summed E-state index contributed by atoms with van der Waals surface area (Å²) in [5, 5.41) is 2.85. The monoisotopic (exact) mass is 278 g/mol. The van der Waals surface area contributed by atoms with Crippen LogP contribution >= 0.6 is 0 Å². The van der Waals surface area contributed by atoms with E-state index in [9.17, 15) is 4.79 Å². The number of anilines is 1. The molecular formula is C14H18N2O4. The Bertz CT molecular complexity index is 471. The van der Waals surface area contributed by atoms with Crippen LogP contribution in [0.5, 0.6) is 0 Å². The highest BCUT2D eigenvalue weighted by atomic mass is 16.7. The van der Waals surface area contributed by atoms with Crippen LogP contribution in [0.2, 0.25) is 0 Å². The Hall–Kier alpha value is -1.47. The summed E-state index contributed by atoms with van der Waals surface area (Å²) in [6.45, 7) is 2.05. The number of ether oxygens (including phenoxy) is 3. The second-order valence-corrected chi connectivity index (χ2v) is 4.99. The quantitative estimate of drug-likeness (QED) is 0.848. The maximum atomic E-state index is 12.0. The lowest BCUT2D eigenvalue weighted by Crippen LogP contribution is -2.37. The van der Waals surface area contributed by atoms with Crippen molar-refractivity contribution in [2.24, 2.45) is 11.7 Å². The van der Waals surface area contributed by atoms with Crippen LogP contribution in [0.4, 0.5) is 5.69 Å². The van der Waals surface area contributed by atoms with Gasteiger partial charge in [-0.05, 0) is 12.1 Å². The van der Waals surface area contributed by atoms with Crippen LogP contribution in [-0.2, 0) is 19.0 Å². The zero-order valence-electron chi connectivity index (χ0n) is 11.1. The first-order valence-corrected chi connectivity index (χ1v) is 6.71. The number of carbonyl (C=O) groups is 1. The van der Waals surface area contributed by atoms with E-state index < -0.39 is 0 Å². The zero-order valence-corrected chi connectivity index (χ0v) is 11.1. The average Bonchev–Trinajstić information content (AvgIpc) is 3.10. The van der Waals surface area contributed by atoms with E-state index in [1.165, 1.54) is 0 Å². The lowest BCUT2D eigenvalue weighted by atomic mass is 10.0. The number of hydrogen-bond donors (Lipinski definition) is 2. The average molecular weight is 278 g/mol. The van der Waals surface area contributed by atoms with Crippen molar-refractivity contribution in [2.45, 2.75) is 12.3 Å². The molecule has 108 valence electrons. The van der Waals surface area contributed by atoms with Gasteiger partial charge in [0.15, 0.2) is 6.29 Å². The van der Waals surface area contributed by atoms with Gasteiger partial charge >= 0.3 is 0 Å². The van der Waals surface area contributed by atoms with Crippen molar-refractivity contribution < 1.29 is 19.0 Å². The first-order valence-electron chi connectivity index (χ1n) is 6.71. The fourth-order valence-electron chi connectivity index (χ4n) is 2.35. The molecule has 0 spiro atoms. The minimum Gasteiger partial charge on any atom is -0.379 e. The summed E-state index contributed by atoms with van der Waals surface area (Å²) in [5.74, 6) is -0.382. The van der Waals surface area contributed by atoms with E-state index in [2.05, 4.69) is 5.32 Å². The first-order chi connectivity index (χ1) is 9.74. The Kier molecular flexibility index (Phi) is 3.98. The molecule has 0 aromatic heterocycles. The van der Waals surface area contributed by atoms with Crippen LogP contribution in [0.25, 0.3) is 0 Å². The predicted octanol–water partition coefficient (Wildman–Crippen LogP) is 0.644. The van der Waals surface area contributed by atoms with Crippen LogP contribution in [0.1, 0.15) is 11.9 Å². The smallest absolute Gasteiger partial charge is 0.231 e. The molecule has 2 unspecified atom stereocenters. The molecule has 20 heavy (non-hydrogen) atoms. The van der Waals surface area contributed by atoms with Crippen LogP contribution in [0.3, 0.4) is 0 Å². The summed E-state index contributed by atoms with van der Waals surface area (Å²) in [4.78, 5) is 12.0. The Labute approximate surface area is 117 Å². The number of rotatable bonds is 3. The van der Waals surface area contributed by atoms with E-state index in [0.29, 0.717) is 26.4 Å². The van der Waals surface area contributed by atoms with Crippen molar-refractivity contribution in [1.29, 1.82) is 0 Å². The second-order valence-electron chi connectivity index (χ2n) is 4.99. The van der Waals surface area contributed by atoms with E-state index in [1.54, 1.807) is 0 Å². The van der Waals surface area contributed by atoms with Gasteiger partial charge in [-0.15, -0.1) is 0 Å². The molecule has 3 N–H and O–H groups in total. The molecule has 2 fully saturated rings. The molecule has 2 aliphatic heterocycles. The number of carbonyl (C=O) groups excluding carboxylic acids is 1. The molecule has 2 heterocycles. The Morgan fingerprint density at radius 1 is 1.15 bits per heavy atom. The maximum Gasteiger partial charge on any atom is 0.231 e. The lowest BCUT2D eigenvalue weighted by Gasteiger charge is -2.14. The highest BCUT2D eigenvalue weighted by Gasteiger charge is 2.31. The summed E-state index contributed by atoms with van der Waals surface area (Å²) in [5.41, 5.74) is 7.50. The first kappa shape index (κ1) is 13.5. The van der Waals surface area contributed by atoms with Gasteiger partial charge in [-0.3, -0.25) is 4.79 Å². The van der Waals surface area contributed by atoms with Crippen molar-refractivity contribution in [3.8, 4) is 0 Å². The van der Waals surface area contributed by atoms with E-state index >= 15 is 0 Å². The van der Waals surface area contributed by atoms with Gasteiger partial charge in [0.2, 0.25) is 5.91 Å². The molecule has 2 saturated heterocycles. The molecule has 0 saturated carbocycles.